The molecule has 22 heavy (non-hydrogen) atoms. The van der Waals surface area contributed by atoms with Crippen molar-refractivity contribution in [1.29, 1.82) is 0 Å². The Morgan fingerprint density at radius 2 is 2.14 bits per heavy atom. The molecule has 4 heterocycles. The first-order valence-corrected chi connectivity index (χ1v) is 6.93. The summed E-state index contributed by atoms with van der Waals surface area (Å²) in [7, 11) is 0. The quantitative estimate of drug-likeness (QED) is 0.430. The Morgan fingerprint density at radius 1 is 1.32 bits per heavy atom. The van der Waals surface area contributed by atoms with E-state index in [1.54, 1.807) is 4.40 Å². The van der Waals surface area contributed by atoms with Gasteiger partial charge in [0.1, 0.15) is 24.6 Å². The van der Waals surface area contributed by atoms with Crippen molar-refractivity contribution in [3.63, 3.8) is 0 Å². The van der Waals surface area contributed by atoms with Gasteiger partial charge in [0.2, 0.25) is 4.77 Å². The average Bonchev–Trinajstić information content (AvgIpc) is 3.19. The molecule has 0 aliphatic carbocycles. The van der Waals surface area contributed by atoms with Crippen LogP contribution in [0.5, 0.6) is 0 Å². The van der Waals surface area contributed by atoms with Crippen LogP contribution in [0.2, 0.25) is 0 Å². The Kier molecular flexibility index (Phi) is 2.99. The van der Waals surface area contributed by atoms with E-state index in [1.165, 1.54) is 17.2 Å². The molecule has 116 valence electrons. The van der Waals surface area contributed by atoms with Crippen LogP contribution in [0.15, 0.2) is 12.7 Å². The smallest absolute Gasteiger partial charge is 0.208 e. The Morgan fingerprint density at radius 3 is 2.86 bits per heavy atom. The lowest BCUT2D eigenvalue weighted by Gasteiger charge is -2.16. The molecule has 0 saturated carbocycles. The summed E-state index contributed by atoms with van der Waals surface area (Å²) in [5.74, 6) is 0. The van der Waals surface area contributed by atoms with Crippen molar-refractivity contribution < 1.29 is 20.1 Å². The monoisotopic (exact) mass is 324 g/mol. The first kappa shape index (κ1) is 13.7. The van der Waals surface area contributed by atoms with Crippen LogP contribution in [-0.2, 0) is 4.74 Å². The predicted molar refractivity (Wildman–Crippen MR) is 74.5 cm³/mol. The zero-order chi connectivity index (χ0) is 15.4. The van der Waals surface area contributed by atoms with E-state index in [9.17, 15) is 15.3 Å². The fourth-order valence-electron chi connectivity index (χ4n) is 2.64. The van der Waals surface area contributed by atoms with Crippen molar-refractivity contribution in [2.75, 3.05) is 6.61 Å². The van der Waals surface area contributed by atoms with Crippen LogP contribution in [0, 0.1) is 4.77 Å². The summed E-state index contributed by atoms with van der Waals surface area (Å²) in [6.07, 6.45) is -1.26. The number of ether oxygens (including phenoxy) is 1. The number of imidazole rings is 1. The van der Waals surface area contributed by atoms with Gasteiger partial charge in [-0.05, 0) is 12.2 Å². The molecule has 1 saturated heterocycles. The number of aromatic amines is 1. The fourth-order valence-corrected chi connectivity index (χ4v) is 2.87. The Bertz CT molecular complexity index is 903. The lowest BCUT2D eigenvalue weighted by atomic mass is 10.1. The number of hydrogen-bond donors (Lipinski definition) is 4. The van der Waals surface area contributed by atoms with E-state index in [1.807, 2.05) is 0 Å². The van der Waals surface area contributed by atoms with Crippen molar-refractivity contribution in [3.8, 4) is 0 Å². The number of nitrogens with zero attached hydrogens (tertiary/aromatic N) is 5. The third-order valence-electron chi connectivity index (χ3n) is 3.78. The van der Waals surface area contributed by atoms with E-state index in [0.717, 1.165) is 0 Å². The van der Waals surface area contributed by atoms with Crippen LogP contribution in [0.3, 0.4) is 0 Å². The number of fused-ring (bicyclic) bond motifs is 3. The van der Waals surface area contributed by atoms with E-state index >= 15 is 0 Å². The lowest BCUT2D eigenvalue weighted by Crippen LogP contribution is -2.33. The minimum Gasteiger partial charge on any atom is -0.394 e. The van der Waals surface area contributed by atoms with Crippen LogP contribution in [-0.4, -0.2) is 69.4 Å². The third kappa shape index (κ3) is 1.74. The van der Waals surface area contributed by atoms with Crippen LogP contribution >= 0.6 is 12.2 Å². The second-order valence-electron chi connectivity index (χ2n) is 5.02. The van der Waals surface area contributed by atoms with E-state index in [-0.39, 0.29) is 4.77 Å². The van der Waals surface area contributed by atoms with E-state index in [2.05, 4.69) is 20.2 Å². The molecular formula is C11H12N6O4S. The van der Waals surface area contributed by atoms with Crippen molar-refractivity contribution in [1.82, 2.24) is 29.1 Å². The highest BCUT2D eigenvalue weighted by Gasteiger charge is 2.44. The maximum absolute atomic E-state index is 10.1. The van der Waals surface area contributed by atoms with Gasteiger partial charge in [-0.1, -0.05) is 0 Å². The second kappa shape index (κ2) is 4.79. The molecule has 1 fully saturated rings. The minimum atomic E-state index is -1.21. The van der Waals surface area contributed by atoms with Gasteiger partial charge < -0.3 is 20.1 Å². The van der Waals surface area contributed by atoms with Gasteiger partial charge in [-0.25, -0.2) is 4.98 Å². The molecular weight excluding hydrogens is 312 g/mol. The third-order valence-corrected chi connectivity index (χ3v) is 4.06. The molecule has 0 amide bonds. The number of H-pyrrole nitrogens is 1. The van der Waals surface area contributed by atoms with Crippen molar-refractivity contribution >= 4 is 29.0 Å². The lowest BCUT2D eigenvalue weighted by molar-refractivity contribution is -0.0511. The van der Waals surface area contributed by atoms with Gasteiger partial charge >= 0.3 is 0 Å². The number of aromatic nitrogens is 6. The fraction of sp³-hybridized carbons (Fsp3) is 0.455. The van der Waals surface area contributed by atoms with Crippen LogP contribution in [0.1, 0.15) is 6.23 Å². The number of hydrogen-bond acceptors (Lipinski definition) is 8. The Hall–Kier alpha value is -1.92. The van der Waals surface area contributed by atoms with Crippen LogP contribution in [0.25, 0.3) is 16.8 Å². The number of rotatable bonds is 2. The average molecular weight is 324 g/mol. The van der Waals surface area contributed by atoms with Gasteiger partial charge in [0.15, 0.2) is 23.0 Å². The molecule has 4 rings (SSSR count). The Labute approximate surface area is 127 Å². The van der Waals surface area contributed by atoms with Gasteiger partial charge in [-0.3, -0.25) is 14.1 Å². The molecule has 11 heteroatoms. The highest BCUT2D eigenvalue weighted by Crippen LogP contribution is 2.31. The molecule has 4 atom stereocenters. The molecule has 0 radical (unpaired) electrons. The predicted octanol–water partition coefficient (Wildman–Crippen LogP) is -1.25. The van der Waals surface area contributed by atoms with Crippen LogP contribution in [0.4, 0.5) is 0 Å². The molecule has 3 aromatic rings. The zero-order valence-corrected chi connectivity index (χ0v) is 11.9. The second-order valence-corrected chi connectivity index (χ2v) is 5.39. The van der Waals surface area contributed by atoms with E-state index in [4.69, 9.17) is 17.0 Å². The van der Waals surface area contributed by atoms with Gasteiger partial charge in [0.25, 0.3) is 0 Å². The summed E-state index contributed by atoms with van der Waals surface area (Å²) in [6.45, 7) is -0.401. The summed E-state index contributed by atoms with van der Waals surface area (Å²) in [5.41, 5.74) is 1.47. The number of aliphatic hydroxyl groups is 3. The molecule has 10 nitrogen and oxygen atoms in total. The largest absolute Gasteiger partial charge is 0.394 e. The van der Waals surface area contributed by atoms with E-state index in [0.29, 0.717) is 16.8 Å². The molecule has 1 aliphatic rings. The van der Waals surface area contributed by atoms with Crippen LogP contribution < -0.4 is 0 Å². The number of aliphatic hydroxyl groups excluding tert-OH is 3. The normalized spacial score (nSPS) is 28.9. The first-order valence-electron chi connectivity index (χ1n) is 6.52. The summed E-state index contributed by atoms with van der Waals surface area (Å²) in [6, 6.07) is 0. The SMILES string of the molecule is OC[C@H]1O[C@@H](n2cnc3c2nc(=S)n2cn[nH]c32)[C@H](O)[C@@H]1O. The maximum atomic E-state index is 10.1. The topological polar surface area (TPSA) is 134 Å². The standard InChI is InChI=1S/C11H12N6O4S/c18-1-4-6(19)7(20)10(21-4)16-2-12-5-8(16)14-11(22)17-3-13-15-9(5)17/h2-4,6-7,10,15,18-20H,1H2/t4-,6-,7-,10-/m1/s1. The molecule has 4 N–H and O–H groups in total. The van der Waals surface area contributed by atoms with Crippen molar-refractivity contribution in [2.45, 2.75) is 24.5 Å². The maximum Gasteiger partial charge on any atom is 0.208 e. The van der Waals surface area contributed by atoms with Gasteiger partial charge in [0, 0.05) is 0 Å². The van der Waals surface area contributed by atoms with Gasteiger partial charge in [0.05, 0.1) is 12.9 Å². The van der Waals surface area contributed by atoms with Gasteiger partial charge in [-0.2, -0.15) is 10.1 Å². The zero-order valence-electron chi connectivity index (χ0n) is 11.1. The van der Waals surface area contributed by atoms with E-state index < -0.39 is 31.1 Å². The molecule has 0 aromatic carbocycles. The summed E-state index contributed by atoms with van der Waals surface area (Å²) in [4.78, 5) is 8.52. The molecule has 0 unspecified atom stereocenters. The van der Waals surface area contributed by atoms with Gasteiger partial charge in [-0.15, -0.1) is 0 Å². The summed E-state index contributed by atoms with van der Waals surface area (Å²) < 4.78 is 8.81. The number of nitrogens with one attached hydrogen (secondary N) is 1. The summed E-state index contributed by atoms with van der Waals surface area (Å²) >= 11 is 5.19. The first-order chi connectivity index (χ1) is 10.6. The molecule has 3 aromatic heterocycles. The highest BCUT2D eigenvalue weighted by molar-refractivity contribution is 7.71. The molecule has 0 bridgehead atoms. The minimum absolute atomic E-state index is 0.268. The summed E-state index contributed by atoms with van der Waals surface area (Å²) in [5, 5.41) is 35.8. The molecule has 1 aliphatic heterocycles. The van der Waals surface area contributed by atoms with Crippen molar-refractivity contribution in [3.05, 3.63) is 17.4 Å². The highest BCUT2D eigenvalue weighted by atomic mass is 32.1. The molecule has 0 spiro atoms. The Balaban J connectivity index is 1.90. The van der Waals surface area contributed by atoms with Crippen molar-refractivity contribution in [2.24, 2.45) is 0 Å².